The number of amides is 3. The Labute approximate surface area is 156 Å². The third kappa shape index (κ3) is 6.73. The zero-order valence-corrected chi connectivity index (χ0v) is 15.1. The SMILES string of the molecule is CC(OC(=O)CN(C)c1ncccn1)C(=O)NC(=O)NCc1ccccc1. The van der Waals surface area contributed by atoms with Gasteiger partial charge in [-0.15, -0.1) is 0 Å². The summed E-state index contributed by atoms with van der Waals surface area (Å²) in [6, 6.07) is 10.2. The summed E-state index contributed by atoms with van der Waals surface area (Å²) in [5.41, 5.74) is 0.894. The largest absolute Gasteiger partial charge is 0.451 e. The van der Waals surface area contributed by atoms with Crippen LogP contribution >= 0.6 is 0 Å². The second-order valence-electron chi connectivity index (χ2n) is 5.69. The van der Waals surface area contributed by atoms with Crippen molar-refractivity contribution in [1.82, 2.24) is 20.6 Å². The van der Waals surface area contributed by atoms with Gasteiger partial charge in [0.2, 0.25) is 5.95 Å². The average molecular weight is 371 g/mol. The van der Waals surface area contributed by atoms with Crippen LogP contribution in [0.3, 0.4) is 0 Å². The molecule has 3 amide bonds. The van der Waals surface area contributed by atoms with E-state index in [9.17, 15) is 14.4 Å². The van der Waals surface area contributed by atoms with Gasteiger partial charge in [0.15, 0.2) is 6.10 Å². The molecule has 9 heteroatoms. The molecular weight excluding hydrogens is 350 g/mol. The number of rotatable bonds is 7. The van der Waals surface area contributed by atoms with Crippen LogP contribution in [0.15, 0.2) is 48.8 Å². The molecule has 0 radical (unpaired) electrons. The zero-order chi connectivity index (χ0) is 19.6. The average Bonchev–Trinajstić information content (AvgIpc) is 2.67. The Balaban J connectivity index is 1.74. The van der Waals surface area contributed by atoms with Gasteiger partial charge in [0, 0.05) is 26.0 Å². The van der Waals surface area contributed by atoms with E-state index in [1.54, 1.807) is 25.5 Å². The first-order valence-corrected chi connectivity index (χ1v) is 8.26. The summed E-state index contributed by atoms with van der Waals surface area (Å²) in [6.45, 7) is 1.52. The van der Waals surface area contributed by atoms with Gasteiger partial charge < -0.3 is 15.0 Å². The fraction of sp³-hybridized carbons (Fsp3) is 0.278. The van der Waals surface area contributed by atoms with Crippen LogP contribution in [-0.2, 0) is 20.9 Å². The van der Waals surface area contributed by atoms with Crippen molar-refractivity contribution in [3.8, 4) is 0 Å². The number of carbonyl (C=O) groups excluding carboxylic acids is 3. The van der Waals surface area contributed by atoms with Gasteiger partial charge in [-0.05, 0) is 18.6 Å². The summed E-state index contributed by atoms with van der Waals surface area (Å²) in [4.78, 5) is 45.2. The summed E-state index contributed by atoms with van der Waals surface area (Å²) in [5, 5.41) is 4.69. The Bertz CT molecular complexity index is 770. The molecule has 9 nitrogen and oxygen atoms in total. The van der Waals surface area contributed by atoms with E-state index in [-0.39, 0.29) is 13.1 Å². The smallest absolute Gasteiger partial charge is 0.326 e. The monoisotopic (exact) mass is 371 g/mol. The molecule has 1 aromatic carbocycles. The molecule has 142 valence electrons. The van der Waals surface area contributed by atoms with E-state index in [0.29, 0.717) is 5.95 Å². The quantitative estimate of drug-likeness (QED) is 0.694. The van der Waals surface area contributed by atoms with Crippen molar-refractivity contribution >= 4 is 23.9 Å². The number of anilines is 1. The molecule has 0 saturated carbocycles. The summed E-state index contributed by atoms with van der Waals surface area (Å²) < 4.78 is 5.04. The minimum atomic E-state index is -1.12. The summed E-state index contributed by atoms with van der Waals surface area (Å²) in [6.07, 6.45) is 1.98. The zero-order valence-electron chi connectivity index (χ0n) is 15.1. The topological polar surface area (TPSA) is 114 Å². The van der Waals surface area contributed by atoms with Crippen molar-refractivity contribution in [3.63, 3.8) is 0 Å². The standard InChI is InChI=1S/C18H21N5O4/c1-13(27-15(24)12-23(2)17-19-9-6-10-20-17)16(25)22-18(26)21-11-14-7-4-3-5-8-14/h3-10,13H,11-12H2,1-2H3,(H2,21,22,25,26). The summed E-state index contributed by atoms with van der Waals surface area (Å²) in [5.74, 6) is -1.00. The van der Waals surface area contributed by atoms with E-state index in [1.165, 1.54) is 11.8 Å². The van der Waals surface area contributed by atoms with Crippen LogP contribution in [0.4, 0.5) is 10.7 Å². The first-order valence-electron chi connectivity index (χ1n) is 8.26. The molecule has 0 spiro atoms. The Hall–Kier alpha value is -3.49. The Morgan fingerprint density at radius 1 is 1.11 bits per heavy atom. The highest BCUT2D eigenvalue weighted by Crippen LogP contribution is 2.03. The lowest BCUT2D eigenvalue weighted by Crippen LogP contribution is -2.45. The Kier molecular flexibility index (Phi) is 7.24. The predicted molar refractivity (Wildman–Crippen MR) is 97.7 cm³/mol. The molecule has 0 aliphatic carbocycles. The molecule has 1 unspecified atom stereocenters. The molecule has 1 heterocycles. The molecule has 1 aromatic heterocycles. The van der Waals surface area contributed by atoms with Crippen molar-refractivity contribution < 1.29 is 19.1 Å². The minimum Gasteiger partial charge on any atom is -0.451 e. The van der Waals surface area contributed by atoms with Crippen molar-refractivity contribution in [3.05, 3.63) is 54.4 Å². The number of likely N-dealkylation sites (N-methyl/N-ethyl adjacent to an activating group) is 1. The van der Waals surface area contributed by atoms with Crippen molar-refractivity contribution in [1.29, 1.82) is 0 Å². The number of imide groups is 1. The second kappa shape index (κ2) is 9.85. The Morgan fingerprint density at radius 3 is 2.44 bits per heavy atom. The van der Waals surface area contributed by atoms with Gasteiger partial charge in [0.25, 0.3) is 5.91 Å². The molecule has 2 aromatic rings. The molecule has 1 atom stereocenters. The van der Waals surface area contributed by atoms with Crippen LogP contribution in [0.1, 0.15) is 12.5 Å². The van der Waals surface area contributed by atoms with Gasteiger partial charge >= 0.3 is 12.0 Å². The van der Waals surface area contributed by atoms with Gasteiger partial charge in [-0.3, -0.25) is 14.9 Å². The van der Waals surface area contributed by atoms with Gasteiger partial charge in [0.1, 0.15) is 6.54 Å². The highest BCUT2D eigenvalue weighted by atomic mass is 16.5. The van der Waals surface area contributed by atoms with Crippen LogP contribution in [-0.4, -0.2) is 47.6 Å². The number of ether oxygens (including phenoxy) is 1. The summed E-state index contributed by atoms with van der Waals surface area (Å²) in [7, 11) is 1.62. The third-order valence-corrected chi connectivity index (χ3v) is 3.47. The number of hydrogen-bond acceptors (Lipinski definition) is 7. The van der Waals surface area contributed by atoms with Crippen LogP contribution in [0.25, 0.3) is 0 Å². The lowest BCUT2D eigenvalue weighted by atomic mass is 10.2. The molecule has 2 N–H and O–H groups in total. The lowest BCUT2D eigenvalue weighted by Gasteiger charge is -2.18. The van der Waals surface area contributed by atoms with Crippen molar-refractivity contribution in [2.75, 3.05) is 18.5 Å². The van der Waals surface area contributed by atoms with Gasteiger partial charge in [-0.25, -0.2) is 14.8 Å². The number of nitrogens with zero attached hydrogens (tertiary/aromatic N) is 3. The van der Waals surface area contributed by atoms with E-state index in [0.717, 1.165) is 5.56 Å². The normalized spacial score (nSPS) is 11.2. The molecule has 27 heavy (non-hydrogen) atoms. The number of hydrogen-bond donors (Lipinski definition) is 2. The molecule has 0 aliphatic heterocycles. The molecule has 0 saturated heterocycles. The third-order valence-electron chi connectivity index (χ3n) is 3.47. The predicted octanol–water partition coefficient (Wildman–Crippen LogP) is 0.871. The first-order chi connectivity index (χ1) is 13.0. The van der Waals surface area contributed by atoms with E-state index >= 15 is 0 Å². The maximum atomic E-state index is 12.0. The van der Waals surface area contributed by atoms with E-state index in [4.69, 9.17) is 4.74 Å². The van der Waals surface area contributed by atoms with Gasteiger partial charge in [0.05, 0.1) is 0 Å². The fourth-order valence-corrected chi connectivity index (χ4v) is 2.08. The number of nitrogens with one attached hydrogen (secondary N) is 2. The molecule has 0 fully saturated rings. The van der Waals surface area contributed by atoms with Gasteiger partial charge in [-0.1, -0.05) is 30.3 Å². The number of benzene rings is 1. The highest BCUT2D eigenvalue weighted by molar-refractivity contribution is 5.97. The number of urea groups is 1. The van der Waals surface area contributed by atoms with Crippen molar-refractivity contribution in [2.45, 2.75) is 19.6 Å². The fourth-order valence-electron chi connectivity index (χ4n) is 2.08. The van der Waals surface area contributed by atoms with Crippen LogP contribution in [0.5, 0.6) is 0 Å². The Morgan fingerprint density at radius 2 is 1.78 bits per heavy atom. The van der Waals surface area contributed by atoms with Gasteiger partial charge in [-0.2, -0.15) is 0 Å². The van der Waals surface area contributed by atoms with Crippen LogP contribution < -0.4 is 15.5 Å². The molecule has 0 bridgehead atoms. The first kappa shape index (κ1) is 19.8. The van der Waals surface area contributed by atoms with Crippen LogP contribution in [0, 0.1) is 0 Å². The lowest BCUT2D eigenvalue weighted by molar-refractivity contribution is -0.153. The van der Waals surface area contributed by atoms with Crippen molar-refractivity contribution in [2.24, 2.45) is 0 Å². The highest BCUT2D eigenvalue weighted by Gasteiger charge is 2.21. The maximum absolute atomic E-state index is 12.0. The van der Waals surface area contributed by atoms with E-state index < -0.39 is 24.0 Å². The van der Waals surface area contributed by atoms with E-state index in [1.807, 2.05) is 30.3 Å². The summed E-state index contributed by atoms with van der Waals surface area (Å²) >= 11 is 0. The molecule has 0 aliphatic rings. The molecule has 2 rings (SSSR count). The van der Waals surface area contributed by atoms with Crippen LogP contribution in [0.2, 0.25) is 0 Å². The second-order valence-corrected chi connectivity index (χ2v) is 5.69. The van der Waals surface area contributed by atoms with E-state index in [2.05, 4.69) is 20.6 Å². The number of aromatic nitrogens is 2. The number of carbonyl (C=O) groups is 3. The minimum absolute atomic E-state index is 0.137. The maximum Gasteiger partial charge on any atom is 0.326 e. The molecular formula is C18H21N5O4. The number of esters is 1.